The van der Waals surface area contributed by atoms with Crippen LogP contribution in [0.4, 0.5) is 0 Å². The molecule has 18 heavy (non-hydrogen) atoms. The highest BCUT2D eigenvalue weighted by molar-refractivity contribution is 7.76. The van der Waals surface area contributed by atoms with Gasteiger partial charge in [-0.3, -0.25) is 4.21 Å². The van der Waals surface area contributed by atoms with Gasteiger partial charge in [-0.15, -0.1) is 0 Å². The highest BCUT2D eigenvalue weighted by atomic mass is 32.2. The predicted octanol–water partition coefficient (Wildman–Crippen LogP) is 1.80. The molecule has 0 amide bonds. The van der Waals surface area contributed by atoms with Gasteiger partial charge in [0.15, 0.2) is 0 Å². The minimum atomic E-state index is -2.61. The number of unbranched alkanes of at least 4 members (excludes halogenated alkanes) is 1. The Balaban J connectivity index is 2.71. The quantitative estimate of drug-likeness (QED) is 0.605. The molecule has 0 bridgehead atoms. The summed E-state index contributed by atoms with van der Waals surface area (Å²) < 4.78 is 20.6. The Bertz CT molecular complexity index is 396. The van der Waals surface area contributed by atoms with Gasteiger partial charge in [-0.05, 0) is 12.0 Å². The molecule has 6 heteroatoms. The third-order valence-corrected chi connectivity index (χ3v) is 2.76. The van der Waals surface area contributed by atoms with E-state index >= 15 is 0 Å². The van der Waals surface area contributed by atoms with Crippen molar-refractivity contribution >= 4 is 17.2 Å². The van der Waals surface area contributed by atoms with Crippen LogP contribution in [-0.2, 0) is 20.9 Å². The lowest BCUT2D eigenvalue weighted by Crippen LogP contribution is -2.26. The molecule has 0 spiro atoms. The number of carbonyl (C=O) groups excluding carboxylic acids is 1. The molecule has 0 fully saturated rings. The zero-order chi connectivity index (χ0) is 13.4. The highest BCUT2D eigenvalue weighted by Gasteiger charge is 2.21. The summed E-state index contributed by atoms with van der Waals surface area (Å²) in [5.41, 5.74) is 0.828. The smallest absolute Gasteiger partial charge is 0.333 e. The van der Waals surface area contributed by atoms with Gasteiger partial charge in [0.25, 0.3) is 0 Å². The molecule has 0 saturated carbocycles. The zero-order valence-electron chi connectivity index (χ0n) is 10.1. The van der Waals surface area contributed by atoms with Crippen molar-refractivity contribution in [2.45, 2.75) is 32.1 Å². The summed E-state index contributed by atoms with van der Waals surface area (Å²) in [6.45, 7) is 2.03. The molecular formula is C12H16NO4S-. The SMILES string of the molecule is CCCCC(C(=O)ONS(=O)[O-])c1ccccc1. The van der Waals surface area contributed by atoms with Crippen molar-refractivity contribution in [1.29, 1.82) is 0 Å². The molecule has 0 heterocycles. The number of hydrogen-bond acceptors (Lipinski definition) is 4. The molecule has 0 aromatic heterocycles. The van der Waals surface area contributed by atoms with Crippen molar-refractivity contribution in [3.63, 3.8) is 0 Å². The second-order valence-electron chi connectivity index (χ2n) is 3.84. The van der Waals surface area contributed by atoms with Gasteiger partial charge in [0.05, 0.1) is 17.2 Å². The third-order valence-electron chi connectivity index (χ3n) is 2.54. The molecule has 1 N–H and O–H groups in total. The van der Waals surface area contributed by atoms with Crippen LogP contribution in [0, 0.1) is 0 Å². The van der Waals surface area contributed by atoms with E-state index in [2.05, 4.69) is 4.84 Å². The molecule has 1 aromatic carbocycles. The van der Waals surface area contributed by atoms with Gasteiger partial charge in [0, 0.05) is 0 Å². The first-order valence-electron chi connectivity index (χ1n) is 5.75. The van der Waals surface area contributed by atoms with E-state index in [-0.39, 0.29) is 0 Å². The van der Waals surface area contributed by atoms with Crippen LogP contribution in [0.5, 0.6) is 0 Å². The third kappa shape index (κ3) is 4.95. The van der Waals surface area contributed by atoms with E-state index in [9.17, 15) is 13.6 Å². The lowest BCUT2D eigenvalue weighted by molar-refractivity contribution is -0.149. The minimum Gasteiger partial charge on any atom is -0.758 e. The lowest BCUT2D eigenvalue weighted by Gasteiger charge is -2.16. The molecule has 1 rings (SSSR count). The van der Waals surface area contributed by atoms with E-state index in [1.165, 1.54) is 0 Å². The monoisotopic (exact) mass is 270 g/mol. The largest absolute Gasteiger partial charge is 0.758 e. The summed E-state index contributed by atoms with van der Waals surface area (Å²) in [6.07, 6.45) is 2.46. The molecule has 0 aliphatic carbocycles. The maximum Gasteiger partial charge on any atom is 0.333 e. The van der Waals surface area contributed by atoms with E-state index in [0.29, 0.717) is 6.42 Å². The van der Waals surface area contributed by atoms with Crippen LogP contribution in [0.3, 0.4) is 0 Å². The number of hydrogen-bond donors (Lipinski definition) is 1. The maximum atomic E-state index is 11.8. The fourth-order valence-corrected chi connectivity index (χ4v) is 1.81. The van der Waals surface area contributed by atoms with Gasteiger partial charge < -0.3 is 9.39 Å². The van der Waals surface area contributed by atoms with Crippen molar-refractivity contribution in [1.82, 2.24) is 4.89 Å². The normalized spacial score (nSPS) is 13.9. The van der Waals surface area contributed by atoms with Crippen molar-refractivity contribution in [3.8, 4) is 0 Å². The predicted molar refractivity (Wildman–Crippen MR) is 66.9 cm³/mol. The molecule has 0 radical (unpaired) electrons. The Kier molecular flexibility index (Phi) is 6.56. The molecular weight excluding hydrogens is 254 g/mol. The van der Waals surface area contributed by atoms with Crippen molar-refractivity contribution < 1.29 is 18.4 Å². The van der Waals surface area contributed by atoms with Crippen LogP contribution in [0.25, 0.3) is 0 Å². The molecule has 2 atom stereocenters. The van der Waals surface area contributed by atoms with Crippen LogP contribution in [0.1, 0.15) is 37.7 Å². The van der Waals surface area contributed by atoms with Crippen LogP contribution >= 0.6 is 0 Å². The molecule has 1 aromatic rings. The van der Waals surface area contributed by atoms with E-state index in [1.54, 1.807) is 4.89 Å². The first kappa shape index (κ1) is 14.8. The first-order chi connectivity index (χ1) is 8.65. The minimum absolute atomic E-state index is 0.442. The van der Waals surface area contributed by atoms with Crippen molar-refractivity contribution in [3.05, 3.63) is 35.9 Å². The second kappa shape index (κ2) is 7.97. The highest BCUT2D eigenvalue weighted by Crippen LogP contribution is 2.23. The average molecular weight is 270 g/mol. The summed E-state index contributed by atoms with van der Waals surface area (Å²) in [6, 6.07) is 9.18. The number of benzene rings is 1. The second-order valence-corrected chi connectivity index (χ2v) is 4.48. The molecule has 5 nitrogen and oxygen atoms in total. The molecule has 0 aliphatic rings. The first-order valence-corrected chi connectivity index (χ1v) is 6.83. The Morgan fingerprint density at radius 3 is 2.67 bits per heavy atom. The summed E-state index contributed by atoms with van der Waals surface area (Å²) in [7, 11) is 0. The number of carbonyl (C=O) groups is 1. The average Bonchev–Trinajstić information content (AvgIpc) is 2.38. The standard InChI is InChI=1S/C12H17NO4S/c1-2-3-9-11(10-7-5-4-6-8-10)12(14)17-13-18(15)16/h4-8,11,13H,2-3,9H2,1H3,(H,15,16)/p-1. The van der Waals surface area contributed by atoms with Crippen molar-refractivity contribution in [2.75, 3.05) is 0 Å². The van der Waals surface area contributed by atoms with Gasteiger partial charge in [-0.25, -0.2) is 4.79 Å². The Morgan fingerprint density at radius 1 is 1.44 bits per heavy atom. The van der Waals surface area contributed by atoms with E-state index in [0.717, 1.165) is 18.4 Å². The Hall–Kier alpha value is -1.24. The summed E-state index contributed by atoms with van der Waals surface area (Å²) >= 11 is -2.61. The number of rotatable bonds is 7. The van der Waals surface area contributed by atoms with E-state index in [4.69, 9.17) is 0 Å². The van der Waals surface area contributed by atoms with Gasteiger partial charge in [0.1, 0.15) is 0 Å². The topological polar surface area (TPSA) is 78.5 Å². The van der Waals surface area contributed by atoms with Gasteiger partial charge >= 0.3 is 5.97 Å². The molecule has 2 unspecified atom stereocenters. The number of nitrogens with one attached hydrogen (secondary N) is 1. The molecule has 0 saturated heterocycles. The molecule has 0 aliphatic heterocycles. The van der Waals surface area contributed by atoms with E-state index in [1.807, 2.05) is 37.3 Å². The summed E-state index contributed by atoms with van der Waals surface area (Å²) in [4.78, 5) is 18.0. The van der Waals surface area contributed by atoms with Gasteiger partial charge in [0.2, 0.25) is 0 Å². The zero-order valence-corrected chi connectivity index (χ0v) is 10.9. The summed E-state index contributed by atoms with van der Waals surface area (Å²) in [5, 5.41) is 0. The van der Waals surface area contributed by atoms with Gasteiger partial charge in [-0.2, -0.15) is 0 Å². The van der Waals surface area contributed by atoms with Crippen LogP contribution in [0.2, 0.25) is 0 Å². The Labute approximate surface area is 109 Å². The maximum absolute atomic E-state index is 11.8. The van der Waals surface area contributed by atoms with Crippen LogP contribution in [0.15, 0.2) is 30.3 Å². The van der Waals surface area contributed by atoms with Crippen molar-refractivity contribution in [2.24, 2.45) is 0 Å². The fourth-order valence-electron chi connectivity index (χ4n) is 1.66. The lowest BCUT2D eigenvalue weighted by atomic mass is 9.94. The van der Waals surface area contributed by atoms with Gasteiger partial charge in [-0.1, -0.05) is 55.0 Å². The molecule has 100 valence electrons. The van der Waals surface area contributed by atoms with E-state index < -0.39 is 23.2 Å². The Morgan fingerprint density at radius 2 is 2.11 bits per heavy atom. The fraction of sp³-hybridized carbons (Fsp3) is 0.417. The van der Waals surface area contributed by atoms with Crippen LogP contribution in [-0.4, -0.2) is 14.7 Å². The summed E-state index contributed by atoms with van der Waals surface area (Å²) in [5.74, 6) is -1.03. The van der Waals surface area contributed by atoms with Crippen LogP contribution < -0.4 is 4.89 Å².